The largest absolute Gasteiger partial charge is 0.494 e. The molecule has 0 bridgehead atoms. The van der Waals surface area contributed by atoms with Crippen LogP contribution in [0, 0.1) is 0 Å². The molecule has 115 valence electrons. The zero-order valence-electron chi connectivity index (χ0n) is 13.1. The molecule has 20 heavy (non-hydrogen) atoms. The first-order chi connectivity index (χ1) is 9.10. The summed E-state index contributed by atoms with van der Waals surface area (Å²) in [6.07, 6.45) is -0.0551. The van der Waals surface area contributed by atoms with E-state index < -0.39 is 32.7 Å². The van der Waals surface area contributed by atoms with Crippen molar-refractivity contribution in [2.24, 2.45) is 0 Å². The first kappa shape index (κ1) is 17.2. The van der Waals surface area contributed by atoms with E-state index in [1.165, 1.54) is 6.92 Å². The summed E-state index contributed by atoms with van der Waals surface area (Å²) in [5.41, 5.74) is -0.416. The maximum absolute atomic E-state index is 11.0. The van der Waals surface area contributed by atoms with Crippen molar-refractivity contribution in [2.45, 2.75) is 64.7 Å². The summed E-state index contributed by atoms with van der Waals surface area (Å²) >= 11 is 0. The number of aliphatic hydroxyl groups is 1. The number of rotatable bonds is 4. The highest BCUT2D eigenvalue weighted by Crippen LogP contribution is 2.26. The van der Waals surface area contributed by atoms with E-state index in [0.717, 1.165) is 5.38 Å². The molecular formula is C14H25O5Si. The van der Waals surface area contributed by atoms with Crippen LogP contribution in [0.4, 0.5) is 0 Å². The Bertz CT molecular complexity index is 372. The van der Waals surface area contributed by atoms with Gasteiger partial charge in [0.2, 0.25) is 0 Å². The monoisotopic (exact) mass is 301 g/mol. The Kier molecular flexibility index (Phi) is 5.79. The number of hydrogen-bond donors (Lipinski definition) is 1. The highest BCUT2D eigenvalue weighted by molar-refractivity contribution is 6.63. The second kappa shape index (κ2) is 6.73. The molecule has 0 aliphatic carbocycles. The number of carbonyl (C=O) groups excluding carboxylic acids is 1. The van der Waals surface area contributed by atoms with Crippen molar-refractivity contribution in [2.75, 3.05) is 6.61 Å². The molecule has 0 amide bonds. The quantitative estimate of drug-likeness (QED) is 0.632. The molecule has 1 N–H and O–H groups in total. The van der Waals surface area contributed by atoms with Gasteiger partial charge in [-0.25, -0.2) is 0 Å². The minimum absolute atomic E-state index is 0.0830. The number of hydrogen-bond acceptors (Lipinski definition) is 5. The lowest BCUT2D eigenvalue weighted by Crippen LogP contribution is -2.50. The molecule has 0 unspecified atom stereocenters. The van der Waals surface area contributed by atoms with Gasteiger partial charge in [-0.15, -0.1) is 0 Å². The lowest BCUT2D eigenvalue weighted by Gasteiger charge is -2.39. The minimum Gasteiger partial charge on any atom is -0.494 e. The molecule has 5 nitrogen and oxygen atoms in total. The van der Waals surface area contributed by atoms with Crippen molar-refractivity contribution >= 4 is 14.8 Å². The van der Waals surface area contributed by atoms with Crippen LogP contribution in [0.3, 0.4) is 0 Å². The Labute approximate surface area is 122 Å². The maximum atomic E-state index is 11.0. The first-order valence-corrected chi connectivity index (χ1v) is 9.28. The summed E-state index contributed by atoms with van der Waals surface area (Å²) in [4.78, 5) is 11.0. The first-order valence-electron chi connectivity index (χ1n) is 6.78. The van der Waals surface area contributed by atoms with Crippen LogP contribution in [-0.4, -0.2) is 50.4 Å². The summed E-state index contributed by atoms with van der Waals surface area (Å²) in [6, 6.07) is 0. The fourth-order valence-corrected chi connectivity index (χ4v) is 2.80. The molecule has 0 aromatic rings. The van der Waals surface area contributed by atoms with E-state index in [4.69, 9.17) is 14.2 Å². The molecule has 0 saturated heterocycles. The van der Waals surface area contributed by atoms with Gasteiger partial charge < -0.3 is 19.3 Å². The average molecular weight is 301 g/mol. The zero-order chi connectivity index (χ0) is 15.5. The molecular weight excluding hydrogens is 276 g/mol. The van der Waals surface area contributed by atoms with Crippen molar-refractivity contribution in [1.29, 1.82) is 0 Å². The fourth-order valence-electron chi connectivity index (χ4n) is 1.91. The molecule has 0 aromatic heterocycles. The van der Waals surface area contributed by atoms with Gasteiger partial charge in [-0.3, -0.25) is 4.79 Å². The smallest absolute Gasteiger partial charge is 0.302 e. The SMILES string of the molecule is CC(=O)OC[C@H]1OC([Si](C)C)=C[C@@H](O)[C@@H]1OC(C)(C)C. The highest BCUT2D eigenvalue weighted by Gasteiger charge is 2.38. The molecule has 1 aliphatic rings. The van der Waals surface area contributed by atoms with Crippen molar-refractivity contribution in [1.82, 2.24) is 0 Å². The Hall–Kier alpha value is -0.853. The molecule has 3 atom stereocenters. The highest BCUT2D eigenvalue weighted by atomic mass is 28.3. The van der Waals surface area contributed by atoms with Gasteiger partial charge in [0.1, 0.15) is 27.6 Å². The third-order valence-corrected chi connectivity index (χ3v) is 4.01. The van der Waals surface area contributed by atoms with Crippen LogP contribution in [0.2, 0.25) is 13.1 Å². The number of ether oxygens (including phenoxy) is 3. The van der Waals surface area contributed by atoms with Crippen molar-refractivity contribution < 1.29 is 24.1 Å². The van der Waals surface area contributed by atoms with Gasteiger partial charge >= 0.3 is 5.97 Å². The van der Waals surface area contributed by atoms with Gasteiger partial charge in [0.05, 0.1) is 11.0 Å². The van der Waals surface area contributed by atoms with Crippen LogP contribution in [0.5, 0.6) is 0 Å². The van der Waals surface area contributed by atoms with Crippen LogP contribution in [0.1, 0.15) is 27.7 Å². The van der Waals surface area contributed by atoms with Gasteiger partial charge in [0, 0.05) is 6.92 Å². The van der Waals surface area contributed by atoms with E-state index in [1.807, 2.05) is 20.8 Å². The van der Waals surface area contributed by atoms with Crippen LogP contribution in [-0.2, 0) is 19.0 Å². The van der Waals surface area contributed by atoms with E-state index >= 15 is 0 Å². The third-order valence-electron chi connectivity index (χ3n) is 2.74. The van der Waals surface area contributed by atoms with E-state index in [1.54, 1.807) is 6.08 Å². The Balaban J connectivity index is 2.88. The lowest BCUT2D eigenvalue weighted by atomic mass is 10.0. The summed E-state index contributed by atoms with van der Waals surface area (Å²) < 4.78 is 16.8. The molecule has 0 saturated carbocycles. The van der Waals surface area contributed by atoms with Crippen LogP contribution in [0.15, 0.2) is 11.5 Å². The molecule has 0 aromatic carbocycles. The summed E-state index contributed by atoms with van der Waals surface area (Å²) in [6.45, 7) is 11.3. The molecule has 1 radical (unpaired) electrons. The Morgan fingerprint density at radius 2 is 2.05 bits per heavy atom. The predicted molar refractivity (Wildman–Crippen MR) is 77.7 cm³/mol. The normalized spacial score (nSPS) is 27.0. The van der Waals surface area contributed by atoms with E-state index in [9.17, 15) is 9.90 Å². The van der Waals surface area contributed by atoms with Crippen molar-refractivity contribution in [3.63, 3.8) is 0 Å². The topological polar surface area (TPSA) is 65.0 Å². The van der Waals surface area contributed by atoms with Gasteiger partial charge in [-0.2, -0.15) is 0 Å². The average Bonchev–Trinajstić information content (AvgIpc) is 2.27. The summed E-state index contributed by atoms with van der Waals surface area (Å²) in [7, 11) is -0.822. The minimum atomic E-state index is -0.822. The summed E-state index contributed by atoms with van der Waals surface area (Å²) in [5, 5.41) is 11.1. The molecule has 0 fully saturated rings. The number of carbonyl (C=O) groups is 1. The Morgan fingerprint density at radius 3 is 2.50 bits per heavy atom. The van der Waals surface area contributed by atoms with Gasteiger partial charge in [0.25, 0.3) is 0 Å². The fraction of sp³-hybridized carbons (Fsp3) is 0.786. The second-order valence-electron chi connectivity index (χ2n) is 6.18. The maximum Gasteiger partial charge on any atom is 0.302 e. The van der Waals surface area contributed by atoms with E-state index in [2.05, 4.69) is 13.1 Å². The number of esters is 1. The third kappa shape index (κ3) is 5.26. The molecule has 6 heteroatoms. The number of aliphatic hydroxyl groups excluding tert-OH is 1. The van der Waals surface area contributed by atoms with Crippen LogP contribution >= 0.6 is 0 Å². The van der Waals surface area contributed by atoms with Crippen molar-refractivity contribution in [3.8, 4) is 0 Å². The molecule has 1 aliphatic heterocycles. The standard InChI is InChI=1S/C14H25O5Si/c1-9(15)17-8-11-13(19-14(2,3)4)10(16)7-12(18-11)20(5)6/h7,10-11,13,16H,8H2,1-6H3/t10-,11-,13+/m1/s1. The van der Waals surface area contributed by atoms with Gasteiger partial charge in [0.15, 0.2) is 6.10 Å². The second-order valence-corrected chi connectivity index (χ2v) is 8.67. The molecule has 0 spiro atoms. The summed E-state index contributed by atoms with van der Waals surface area (Å²) in [5.74, 6) is -0.368. The van der Waals surface area contributed by atoms with Gasteiger partial charge in [-0.05, 0) is 26.8 Å². The lowest BCUT2D eigenvalue weighted by molar-refractivity contribution is -0.175. The predicted octanol–water partition coefficient (Wildman–Crippen LogP) is 1.67. The molecule has 1 heterocycles. The van der Waals surface area contributed by atoms with Crippen LogP contribution in [0.25, 0.3) is 0 Å². The Morgan fingerprint density at radius 1 is 1.45 bits per heavy atom. The van der Waals surface area contributed by atoms with E-state index in [0.29, 0.717) is 0 Å². The zero-order valence-corrected chi connectivity index (χ0v) is 14.1. The van der Waals surface area contributed by atoms with Gasteiger partial charge in [-0.1, -0.05) is 13.1 Å². The van der Waals surface area contributed by atoms with E-state index in [-0.39, 0.29) is 12.6 Å². The molecule has 1 rings (SSSR count). The van der Waals surface area contributed by atoms with Crippen LogP contribution < -0.4 is 0 Å². The van der Waals surface area contributed by atoms with Crippen molar-refractivity contribution in [3.05, 3.63) is 11.5 Å².